The largest absolute Gasteiger partial charge is 0.465 e. The summed E-state index contributed by atoms with van der Waals surface area (Å²) in [5.41, 5.74) is 2.50. The van der Waals surface area contributed by atoms with Crippen molar-refractivity contribution >= 4 is 11.6 Å². The van der Waals surface area contributed by atoms with Gasteiger partial charge >= 0.3 is 5.97 Å². The summed E-state index contributed by atoms with van der Waals surface area (Å²) in [5.74, 6) is 0.340. The first-order chi connectivity index (χ1) is 9.76. The predicted molar refractivity (Wildman–Crippen MR) is 75.8 cm³/mol. The molecule has 0 spiro atoms. The number of nitrogens with one attached hydrogen (secondary N) is 1. The number of rotatable bonds is 3. The van der Waals surface area contributed by atoms with Crippen LogP contribution in [0.3, 0.4) is 0 Å². The molecule has 1 saturated heterocycles. The Morgan fingerprint density at radius 1 is 1.50 bits per heavy atom. The molecule has 3 heterocycles. The Kier molecular flexibility index (Phi) is 3.69. The third-order valence-electron chi connectivity index (χ3n) is 3.82. The minimum atomic E-state index is -0.321. The fourth-order valence-electron chi connectivity index (χ4n) is 2.78. The molecule has 1 aliphatic heterocycles. The number of imidazole rings is 1. The average Bonchev–Trinajstić information content (AvgIpc) is 2.88. The Morgan fingerprint density at radius 2 is 2.40 bits per heavy atom. The summed E-state index contributed by atoms with van der Waals surface area (Å²) in [7, 11) is 1.39. The summed E-state index contributed by atoms with van der Waals surface area (Å²) in [5, 5.41) is 3.42. The lowest BCUT2D eigenvalue weighted by Crippen LogP contribution is -2.30. The van der Waals surface area contributed by atoms with Gasteiger partial charge in [0.05, 0.1) is 18.4 Å². The van der Waals surface area contributed by atoms with Gasteiger partial charge in [-0.15, -0.1) is 0 Å². The number of methoxy groups -OCH3 is 1. The second kappa shape index (κ2) is 5.63. The number of hydrogen-bond donors (Lipinski definition) is 1. The van der Waals surface area contributed by atoms with Crippen molar-refractivity contribution in [2.24, 2.45) is 5.92 Å². The standard InChI is InChI=1S/C15H19N3O2/c1-20-15(19)12-4-5-14-17-13(10-18(14)9-12)7-11-3-2-6-16-8-11/h4-5,9-11,16H,2-3,6-8H2,1H3. The van der Waals surface area contributed by atoms with Crippen LogP contribution in [-0.2, 0) is 11.2 Å². The van der Waals surface area contributed by atoms with Gasteiger partial charge in [0.2, 0.25) is 0 Å². The quantitative estimate of drug-likeness (QED) is 0.864. The molecule has 1 unspecified atom stereocenters. The number of aromatic nitrogens is 2. The lowest BCUT2D eigenvalue weighted by Gasteiger charge is -2.21. The van der Waals surface area contributed by atoms with Crippen molar-refractivity contribution in [2.45, 2.75) is 19.3 Å². The van der Waals surface area contributed by atoms with Crippen LogP contribution in [0.1, 0.15) is 28.9 Å². The molecule has 3 rings (SSSR count). The van der Waals surface area contributed by atoms with Crippen LogP contribution >= 0.6 is 0 Å². The van der Waals surface area contributed by atoms with E-state index in [1.807, 2.05) is 16.7 Å². The van der Waals surface area contributed by atoms with Gasteiger partial charge in [0.25, 0.3) is 0 Å². The van der Waals surface area contributed by atoms with Gasteiger partial charge in [0.1, 0.15) is 5.65 Å². The second-order valence-corrected chi connectivity index (χ2v) is 5.32. The third-order valence-corrected chi connectivity index (χ3v) is 3.82. The molecule has 106 valence electrons. The van der Waals surface area contributed by atoms with Crippen LogP contribution in [0.15, 0.2) is 24.5 Å². The molecule has 0 amide bonds. The minimum Gasteiger partial charge on any atom is -0.465 e. The van der Waals surface area contributed by atoms with Crippen molar-refractivity contribution in [3.8, 4) is 0 Å². The number of carbonyl (C=O) groups excluding carboxylic acids is 1. The number of piperidine rings is 1. The maximum Gasteiger partial charge on any atom is 0.339 e. The zero-order valence-electron chi connectivity index (χ0n) is 11.6. The van der Waals surface area contributed by atoms with Gasteiger partial charge < -0.3 is 14.5 Å². The van der Waals surface area contributed by atoms with Crippen molar-refractivity contribution in [1.82, 2.24) is 14.7 Å². The first-order valence-electron chi connectivity index (χ1n) is 7.03. The van der Waals surface area contributed by atoms with E-state index in [1.165, 1.54) is 20.0 Å². The maximum atomic E-state index is 11.5. The Balaban J connectivity index is 1.81. The van der Waals surface area contributed by atoms with E-state index in [1.54, 1.807) is 12.3 Å². The van der Waals surface area contributed by atoms with Crippen LogP contribution in [0.2, 0.25) is 0 Å². The van der Waals surface area contributed by atoms with Gasteiger partial charge in [-0.05, 0) is 50.4 Å². The lowest BCUT2D eigenvalue weighted by molar-refractivity contribution is 0.0600. The van der Waals surface area contributed by atoms with Gasteiger partial charge in [-0.3, -0.25) is 0 Å². The monoisotopic (exact) mass is 273 g/mol. The minimum absolute atomic E-state index is 0.321. The number of fused-ring (bicyclic) bond motifs is 1. The second-order valence-electron chi connectivity index (χ2n) is 5.32. The van der Waals surface area contributed by atoms with Crippen molar-refractivity contribution in [3.63, 3.8) is 0 Å². The summed E-state index contributed by atoms with van der Waals surface area (Å²) in [6.07, 6.45) is 7.27. The first-order valence-corrected chi connectivity index (χ1v) is 7.03. The molecule has 2 aromatic heterocycles. The molecule has 0 aromatic carbocycles. The normalized spacial score (nSPS) is 19.1. The topological polar surface area (TPSA) is 55.6 Å². The van der Waals surface area contributed by atoms with E-state index < -0.39 is 0 Å². The van der Waals surface area contributed by atoms with Crippen molar-refractivity contribution < 1.29 is 9.53 Å². The maximum absolute atomic E-state index is 11.5. The highest BCUT2D eigenvalue weighted by molar-refractivity contribution is 5.89. The fraction of sp³-hybridized carbons (Fsp3) is 0.467. The number of ether oxygens (including phenoxy) is 1. The predicted octanol–water partition coefficient (Wildman–Crippen LogP) is 1.66. The highest BCUT2D eigenvalue weighted by atomic mass is 16.5. The molecular formula is C15H19N3O2. The van der Waals surface area contributed by atoms with E-state index in [0.717, 1.165) is 30.9 Å². The third kappa shape index (κ3) is 2.67. The Bertz CT molecular complexity index is 615. The van der Waals surface area contributed by atoms with Crippen molar-refractivity contribution in [2.75, 3.05) is 20.2 Å². The SMILES string of the molecule is COC(=O)c1ccc2nc(CC3CCCNC3)cn2c1. The van der Waals surface area contributed by atoms with E-state index in [-0.39, 0.29) is 5.97 Å². The Labute approximate surface area is 118 Å². The van der Waals surface area contributed by atoms with Gasteiger partial charge in [0.15, 0.2) is 0 Å². The summed E-state index contributed by atoms with van der Waals surface area (Å²) in [4.78, 5) is 16.1. The number of pyridine rings is 1. The summed E-state index contributed by atoms with van der Waals surface area (Å²) in [6, 6.07) is 3.61. The van der Waals surface area contributed by atoms with Crippen molar-refractivity contribution in [1.29, 1.82) is 0 Å². The first kappa shape index (κ1) is 13.1. The number of esters is 1. The molecule has 1 aliphatic rings. The van der Waals surface area contributed by atoms with Crippen LogP contribution in [0, 0.1) is 5.92 Å². The van der Waals surface area contributed by atoms with Crippen LogP contribution in [0.4, 0.5) is 0 Å². The molecule has 0 radical (unpaired) electrons. The Hall–Kier alpha value is -1.88. The van der Waals surface area contributed by atoms with Gasteiger partial charge in [-0.2, -0.15) is 0 Å². The summed E-state index contributed by atoms with van der Waals surface area (Å²) < 4.78 is 6.63. The highest BCUT2D eigenvalue weighted by Gasteiger charge is 2.15. The molecule has 1 fully saturated rings. The van der Waals surface area contributed by atoms with E-state index in [9.17, 15) is 4.79 Å². The Morgan fingerprint density at radius 3 is 3.15 bits per heavy atom. The molecule has 1 atom stereocenters. The molecule has 20 heavy (non-hydrogen) atoms. The highest BCUT2D eigenvalue weighted by Crippen LogP contribution is 2.17. The molecular weight excluding hydrogens is 254 g/mol. The van der Waals surface area contributed by atoms with Gasteiger partial charge in [-0.1, -0.05) is 0 Å². The number of carbonyl (C=O) groups is 1. The molecule has 5 heteroatoms. The smallest absolute Gasteiger partial charge is 0.339 e. The lowest BCUT2D eigenvalue weighted by atomic mass is 9.95. The van der Waals surface area contributed by atoms with E-state index >= 15 is 0 Å². The van der Waals surface area contributed by atoms with E-state index in [2.05, 4.69) is 10.3 Å². The number of nitrogens with zero attached hydrogens (tertiary/aromatic N) is 2. The van der Waals surface area contributed by atoms with E-state index in [4.69, 9.17) is 4.74 Å². The molecule has 5 nitrogen and oxygen atoms in total. The van der Waals surface area contributed by atoms with Crippen molar-refractivity contribution in [3.05, 3.63) is 35.8 Å². The molecule has 0 aliphatic carbocycles. The summed E-state index contributed by atoms with van der Waals surface area (Å²) >= 11 is 0. The van der Waals surface area contributed by atoms with Crippen LogP contribution in [0.25, 0.3) is 5.65 Å². The number of hydrogen-bond acceptors (Lipinski definition) is 4. The van der Waals surface area contributed by atoms with Gasteiger partial charge in [0, 0.05) is 12.4 Å². The summed E-state index contributed by atoms with van der Waals surface area (Å²) in [6.45, 7) is 2.20. The zero-order chi connectivity index (χ0) is 13.9. The molecule has 0 saturated carbocycles. The molecule has 0 bridgehead atoms. The average molecular weight is 273 g/mol. The van der Waals surface area contributed by atoms with E-state index in [0.29, 0.717) is 11.5 Å². The molecule has 1 N–H and O–H groups in total. The van der Waals surface area contributed by atoms with Gasteiger partial charge in [-0.25, -0.2) is 9.78 Å². The van der Waals surface area contributed by atoms with Crippen LogP contribution in [0.5, 0.6) is 0 Å². The zero-order valence-corrected chi connectivity index (χ0v) is 11.6. The van der Waals surface area contributed by atoms with Crippen LogP contribution in [-0.4, -0.2) is 35.6 Å². The van der Waals surface area contributed by atoms with Crippen LogP contribution < -0.4 is 5.32 Å². The fourth-order valence-corrected chi connectivity index (χ4v) is 2.78. The molecule has 2 aromatic rings.